The van der Waals surface area contributed by atoms with E-state index in [2.05, 4.69) is 10.2 Å². The van der Waals surface area contributed by atoms with Crippen LogP contribution in [0.15, 0.2) is 78.0 Å². The first-order valence-corrected chi connectivity index (χ1v) is 12.0. The summed E-state index contributed by atoms with van der Waals surface area (Å²) in [6.45, 7) is 4.39. The van der Waals surface area contributed by atoms with Gasteiger partial charge in [-0.1, -0.05) is 83.6 Å². The van der Waals surface area contributed by atoms with Crippen LogP contribution in [0.1, 0.15) is 44.2 Å². The number of Topliss-reactive ketones (excluding diaryl/α,β-unsaturated/α-hetero) is 1. The van der Waals surface area contributed by atoms with Gasteiger partial charge in [-0.3, -0.25) is 4.79 Å². The Kier molecular flexibility index (Phi) is 6.11. The van der Waals surface area contributed by atoms with Crippen LogP contribution in [0.5, 0.6) is 11.5 Å². The summed E-state index contributed by atoms with van der Waals surface area (Å²) in [5.41, 5.74) is 3.86. The van der Waals surface area contributed by atoms with Gasteiger partial charge < -0.3 is 14.0 Å². The van der Waals surface area contributed by atoms with Gasteiger partial charge in [0.25, 0.3) is 0 Å². The van der Waals surface area contributed by atoms with Crippen molar-refractivity contribution in [3.63, 3.8) is 0 Å². The van der Waals surface area contributed by atoms with Crippen molar-refractivity contribution in [2.24, 2.45) is 7.05 Å². The highest BCUT2D eigenvalue weighted by atomic mass is 32.2. The topological polar surface area (TPSA) is 66.2 Å². The number of rotatable bonds is 6. The molecule has 0 amide bonds. The molecule has 0 bridgehead atoms. The molecule has 5 rings (SSSR count). The molecule has 0 saturated carbocycles. The minimum absolute atomic E-state index is 0.0320. The number of hydrogen-bond acceptors (Lipinski definition) is 6. The smallest absolute Gasteiger partial charge is 0.192 e. The first-order chi connectivity index (χ1) is 16.5. The normalized spacial score (nSPS) is 15.7. The van der Waals surface area contributed by atoms with E-state index in [0.29, 0.717) is 28.9 Å². The van der Waals surface area contributed by atoms with Gasteiger partial charge in [-0.05, 0) is 31.5 Å². The Bertz CT molecular complexity index is 1320. The van der Waals surface area contributed by atoms with Crippen LogP contribution in [0, 0.1) is 13.8 Å². The molecule has 172 valence electrons. The fourth-order valence-electron chi connectivity index (χ4n) is 3.84. The molecule has 0 radical (unpaired) electrons. The maximum atomic E-state index is 13.6. The fourth-order valence-corrected chi connectivity index (χ4v) is 4.93. The summed E-state index contributed by atoms with van der Waals surface area (Å²) < 4.78 is 13.9. The third-order valence-corrected chi connectivity index (χ3v) is 7.13. The Labute approximate surface area is 202 Å². The molecule has 7 heteroatoms. The molecule has 0 aliphatic carbocycles. The molecule has 0 saturated heterocycles. The van der Waals surface area contributed by atoms with Gasteiger partial charge in [0.2, 0.25) is 0 Å². The lowest BCUT2D eigenvalue weighted by molar-refractivity contribution is 0.0825. The van der Waals surface area contributed by atoms with E-state index >= 15 is 0 Å². The molecule has 1 aliphatic rings. The standard InChI is InChI=1S/C27H25N3O3S/c1-17-8-12-19(13-9-17)24(31)25(20-14-10-18(2)11-15-20)34-27-29-28-26(30(27)3)23-16-32-21-6-4-5-7-22(21)33-23/h4-15,23,25H,16H2,1-3H3/t23-,25-/m0/s1. The van der Waals surface area contributed by atoms with Crippen LogP contribution in [-0.2, 0) is 7.05 Å². The Hall–Kier alpha value is -3.58. The van der Waals surface area contributed by atoms with Gasteiger partial charge >= 0.3 is 0 Å². The lowest BCUT2D eigenvalue weighted by Crippen LogP contribution is -2.24. The third kappa shape index (κ3) is 4.43. The quantitative estimate of drug-likeness (QED) is 0.267. The Morgan fingerprint density at radius 1 is 0.941 bits per heavy atom. The Morgan fingerprint density at radius 2 is 1.59 bits per heavy atom. The molecule has 0 spiro atoms. The predicted octanol–water partition coefficient (Wildman–Crippen LogP) is 5.66. The van der Waals surface area contributed by atoms with E-state index in [-0.39, 0.29) is 11.9 Å². The Morgan fingerprint density at radius 3 is 2.29 bits per heavy atom. The highest BCUT2D eigenvalue weighted by Crippen LogP contribution is 2.39. The van der Waals surface area contributed by atoms with E-state index in [1.807, 2.05) is 98.3 Å². The number of nitrogens with zero attached hydrogens (tertiary/aromatic N) is 3. The van der Waals surface area contributed by atoms with E-state index in [1.165, 1.54) is 11.8 Å². The van der Waals surface area contributed by atoms with E-state index < -0.39 is 5.25 Å². The van der Waals surface area contributed by atoms with Crippen molar-refractivity contribution in [1.82, 2.24) is 14.8 Å². The second-order valence-electron chi connectivity index (χ2n) is 8.40. The summed E-state index contributed by atoms with van der Waals surface area (Å²) in [5, 5.41) is 8.99. The van der Waals surface area contributed by atoms with Gasteiger partial charge in [0.15, 0.2) is 34.4 Å². The number of benzene rings is 3. The average molecular weight is 472 g/mol. The van der Waals surface area contributed by atoms with Crippen LogP contribution >= 0.6 is 11.8 Å². The molecular weight excluding hydrogens is 446 g/mol. The van der Waals surface area contributed by atoms with E-state index in [1.54, 1.807) is 0 Å². The van der Waals surface area contributed by atoms with Crippen molar-refractivity contribution in [3.05, 3.63) is 101 Å². The number of para-hydroxylation sites is 2. The van der Waals surface area contributed by atoms with Gasteiger partial charge in [0.05, 0.1) is 0 Å². The van der Waals surface area contributed by atoms with Crippen molar-refractivity contribution in [2.75, 3.05) is 6.61 Å². The summed E-state index contributed by atoms with van der Waals surface area (Å²) in [7, 11) is 1.89. The fraction of sp³-hybridized carbons (Fsp3) is 0.222. The third-order valence-electron chi connectivity index (χ3n) is 5.84. The van der Waals surface area contributed by atoms with Gasteiger partial charge in [0.1, 0.15) is 11.9 Å². The van der Waals surface area contributed by atoms with Gasteiger partial charge in [-0.15, -0.1) is 10.2 Å². The molecule has 4 aromatic rings. The molecule has 0 N–H and O–H groups in total. The van der Waals surface area contributed by atoms with Crippen molar-refractivity contribution in [1.29, 1.82) is 0 Å². The summed E-state index contributed by atoms with van der Waals surface area (Å²) in [6, 6.07) is 23.3. The number of carbonyl (C=O) groups excluding carboxylic acids is 1. The summed E-state index contributed by atoms with van der Waals surface area (Å²) in [5.74, 6) is 2.09. The number of ether oxygens (including phenoxy) is 2. The summed E-state index contributed by atoms with van der Waals surface area (Å²) >= 11 is 1.40. The van der Waals surface area contributed by atoms with Crippen LogP contribution in [0.3, 0.4) is 0 Å². The highest BCUT2D eigenvalue weighted by Gasteiger charge is 2.30. The average Bonchev–Trinajstić information content (AvgIpc) is 3.23. The van der Waals surface area contributed by atoms with Gasteiger partial charge in [-0.2, -0.15) is 0 Å². The molecule has 0 unspecified atom stereocenters. The first-order valence-electron chi connectivity index (χ1n) is 11.1. The number of ketones is 1. The number of carbonyl (C=O) groups is 1. The summed E-state index contributed by atoms with van der Waals surface area (Å²) in [6.07, 6.45) is -0.382. The van der Waals surface area contributed by atoms with Crippen molar-refractivity contribution < 1.29 is 14.3 Å². The maximum absolute atomic E-state index is 13.6. The molecule has 1 aromatic heterocycles. The van der Waals surface area contributed by atoms with Crippen LogP contribution < -0.4 is 9.47 Å². The number of aryl methyl sites for hydroxylation is 2. The zero-order chi connectivity index (χ0) is 23.7. The number of fused-ring (bicyclic) bond motifs is 1. The molecule has 1 aliphatic heterocycles. The molecular formula is C27H25N3O3S. The lowest BCUT2D eigenvalue weighted by atomic mass is 10.0. The number of thioether (sulfide) groups is 1. The van der Waals surface area contributed by atoms with Crippen LogP contribution in [0.4, 0.5) is 0 Å². The molecule has 6 nitrogen and oxygen atoms in total. The van der Waals surface area contributed by atoms with Crippen molar-refractivity contribution in [2.45, 2.75) is 30.4 Å². The molecule has 2 atom stereocenters. The van der Waals surface area contributed by atoms with E-state index in [0.717, 1.165) is 22.4 Å². The highest BCUT2D eigenvalue weighted by molar-refractivity contribution is 8.00. The number of hydrogen-bond donors (Lipinski definition) is 0. The van der Waals surface area contributed by atoms with Gasteiger partial charge in [-0.25, -0.2) is 0 Å². The molecule has 2 heterocycles. The zero-order valence-electron chi connectivity index (χ0n) is 19.3. The van der Waals surface area contributed by atoms with Crippen LogP contribution in [-0.4, -0.2) is 27.2 Å². The minimum atomic E-state index is -0.455. The van der Waals surface area contributed by atoms with E-state index in [9.17, 15) is 4.79 Å². The second kappa shape index (κ2) is 9.35. The maximum Gasteiger partial charge on any atom is 0.192 e. The first kappa shape index (κ1) is 22.2. The predicted molar refractivity (Wildman–Crippen MR) is 132 cm³/mol. The van der Waals surface area contributed by atoms with Gasteiger partial charge in [0, 0.05) is 12.6 Å². The minimum Gasteiger partial charge on any atom is -0.485 e. The van der Waals surface area contributed by atoms with Crippen LogP contribution in [0.25, 0.3) is 0 Å². The second-order valence-corrected chi connectivity index (χ2v) is 9.48. The van der Waals surface area contributed by atoms with Crippen molar-refractivity contribution >= 4 is 17.5 Å². The lowest BCUT2D eigenvalue weighted by Gasteiger charge is -2.25. The SMILES string of the molecule is Cc1ccc(C(=O)[C@@H](Sc2nnc([C@@H]3COc4ccccc4O3)n2C)c2ccc(C)cc2)cc1. The molecule has 0 fully saturated rings. The summed E-state index contributed by atoms with van der Waals surface area (Å²) in [4.78, 5) is 13.6. The monoisotopic (exact) mass is 471 g/mol. The largest absolute Gasteiger partial charge is 0.485 e. The van der Waals surface area contributed by atoms with Crippen LogP contribution in [0.2, 0.25) is 0 Å². The molecule has 34 heavy (non-hydrogen) atoms. The number of aromatic nitrogens is 3. The zero-order valence-corrected chi connectivity index (χ0v) is 20.1. The molecule has 3 aromatic carbocycles. The van der Waals surface area contributed by atoms with E-state index in [4.69, 9.17) is 9.47 Å². The van der Waals surface area contributed by atoms with Crippen molar-refractivity contribution in [3.8, 4) is 11.5 Å². The Balaban J connectivity index is 1.44.